The van der Waals surface area contributed by atoms with Gasteiger partial charge in [-0.05, 0) is 48.7 Å². The highest BCUT2D eigenvalue weighted by molar-refractivity contribution is 7.99. The van der Waals surface area contributed by atoms with Crippen molar-refractivity contribution in [1.29, 1.82) is 0 Å². The molecule has 3 aromatic carbocycles. The Labute approximate surface area is 224 Å². The van der Waals surface area contributed by atoms with Crippen LogP contribution < -0.4 is 5.32 Å². The molecule has 4 nitrogen and oxygen atoms in total. The molecule has 0 bridgehead atoms. The molecule has 0 radical (unpaired) electrons. The maximum Gasteiger partial charge on any atom is 0.243 e. The van der Waals surface area contributed by atoms with Crippen molar-refractivity contribution in [3.8, 4) is 0 Å². The van der Waals surface area contributed by atoms with Gasteiger partial charge in [-0.3, -0.25) is 9.59 Å². The number of carbonyl (C=O) groups excluding carboxylic acids is 2. The van der Waals surface area contributed by atoms with E-state index in [1.807, 2.05) is 79.7 Å². The summed E-state index contributed by atoms with van der Waals surface area (Å²) in [5.74, 6) is 0.503. The molecule has 0 saturated carbocycles. The zero-order chi connectivity index (χ0) is 25.8. The van der Waals surface area contributed by atoms with E-state index in [0.29, 0.717) is 36.7 Å². The fraction of sp³-hybridized carbons (Fsp3) is 0.333. The normalized spacial score (nSPS) is 11.6. The molecule has 0 heterocycles. The van der Waals surface area contributed by atoms with Gasteiger partial charge in [0.1, 0.15) is 6.04 Å². The lowest BCUT2D eigenvalue weighted by Gasteiger charge is -2.32. The van der Waals surface area contributed by atoms with Crippen LogP contribution in [0.25, 0.3) is 0 Å². The van der Waals surface area contributed by atoms with Crippen molar-refractivity contribution in [1.82, 2.24) is 10.2 Å². The van der Waals surface area contributed by atoms with Crippen LogP contribution in [-0.4, -0.2) is 35.1 Å². The van der Waals surface area contributed by atoms with E-state index in [9.17, 15) is 9.59 Å². The van der Waals surface area contributed by atoms with E-state index in [-0.39, 0.29) is 11.8 Å². The summed E-state index contributed by atoms with van der Waals surface area (Å²) in [4.78, 5) is 29.9. The second-order valence-electron chi connectivity index (χ2n) is 8.91. The molecule has 190 valence electrons. The first-order valence-electron chi connectivity index (χ1n) is 12.5. The van der Waals surface area contributed by atoms with Gasteiger partial charge >= 0.3 is 0 Å². The van der Waals surface area contributed by atoms with Crippen molar-refractivity contribution >= 4 is 35.2 Å². The number of aryl methyl sites for hydroxylation is 1. The lowest BCUT2D eigenvalue weighted by molar-refractivity contribution is -0.141. The van der Waals surface area contributed by atoms with Gasteiger partial charge in [0.05, 0.1) is 0 Å². The molecular weight excluding hydrogens is 488 g/mol. The van der Waals surface area contributed by atoms with Crippen molar-refractivity contribution < 1.29 is 9.59 Å². The van der Waals surface area contributed by atoms with E-state index >= 15 is 0 Å². The number of unbranched alkanes of at least 4 members (excludes halogenated alkanes) is 1. The summed E-state index contributed by atoms with van der Waals surface area (Å²) >= 11 is 7.61. The van der Waals surface area contributed by atoms with Gasteiger partial charge in [-0.15, -0.1) is 11.8 Å². The van der Waals surface area contributed by atoms with Crippen LogP contribution in [0.15, 0.2) is 83.8 Å². The van der Waals surface area contributed by atoms with Crippen LogP contribution in [0.1, 0.15) is 42.9 Å². The van der Waals surface area contributed by atoms with E-state index in [4.69, 9.17) is 11.6 Å². The monoisotopic (exact) mass is 522 g/mol. The molecule has 1 N–H and O–H groups in total. The lowest BCUT2D eigenvalue weighted by Crippen LogP contribution is -2.50. The zero-order valence-corrected chi connectivity index (χ0v) is 22.7. The average Bonchev–Trinajstić information content (AvgIpc) is 2.88. The Morgan fingerprint density at radius 2 is 1.69 bits per heavy atom. The van der Waals surface area contributed by atoms with Gasteiger partial charge in [0.25, 0.3) is 0 Å². The molecule has 0 aliphatic heterocycles. The molecule has 1 atom stereocenters. The van der Waals surface area contributed by atoms with E-state index in [1.54, 1.807) is 16.7 Å². The Morgan fingerprint density at radius 3 is 2.39 bits per heavy atom. The molecule has 2 amide bonds. The number of nitrogens with one attached hydrogen (secondary N) is 1. The number of halogens is 1. The number of amides is 2. The molecule has 0 unspecified atom stereocenters. The van der Waals surface area contributed by atoms with Crippen LogP contribution >= 0.6 is 23.4 Å². The maximum atomic E-state index is 13.7. The molecule has 3 rings (SSSR count). The third-order valence-electron chi connectivity index (χ3n) is 5.93. The fourth-order valence-electron chi connectivity index (χ4n) is 4.00. The van der Waals surface area contributed by atoms with E-state index < -0.39 is 6.04 Å². The van der Waals surface area contributed by atoms with Gasteiger partial charge < -0.3 is 10.2 Å². The largest absolute Gasteiger partial charge is 0.354 e. The minimum absolute atomic E-state index is 0.0236. The molecular formula is C30H35ClN2O2S. The van der Waals surface area contributed by atoms with Crippen molar-refractivity contribution in [3.63, 3.8) is 0 Å². The molecule has 36 heavy (non-hydrogen) atoms. The first-order chi connectivity index (χ1) is 17.5. The summed E-state index contributed by atoms with van der Waals surface area (Å²) in [6, 6.07) is 25.1. The predicted octanol–water partition coefficient (Wildman–Crippen LogP) is 6.69. The van der Waals surface area contributed by atoms with Crippen LogP contribution in [0.2, 0.25) is 5.02 Å². The van der Waals surface area contributed by atoms with Gasteiger partial charge in [-0.2, -0.15) is 0 Å². The molecule has 0 aliphatic carbocycles. The standard InChI is InChI=1S/C30H35ClN2O2S/c1-3-4-18-32-30(35)28(21-24-10-6-5-7-11-24)33(22-25-12-8-9-23(2)20-25)29(34)17-19-36-27-15-13-26(31)14-16-27/h5-16,20,28H,3-4,17-19,21-22H2,1-2H3,(H,32,35)/t28-/m1/s1. The third kappa shape index (κ3) is 9.03. The predicted molar refractivity (Wildman–Crippen MR) is 150 cm³/mol. The van der Waals surface area contributed by atoms with Crippen LogP contribution in [0.5, 0.6) is 0 Å². The molecule has 0 aromatic heterocycles. The summed E-state index contributed by atoms with van der Waals surface area (Å²) in [7, 11) is 0. The highest BCUT2D eigenvalue weighted by Gasteiger charge is 2.30. The molecule has 0 spiro atoms. The van der Waals surface area contributed by atoms with Crippen molar-refractivity contribution in [2.75, 3.05) is 12.3 Å². The van der Waals surface area contributed by atoms with Crippen molar-refractivity contribution in [2.24, 2.45) is 0 Å². The van der Waals surface area contributed by atoms with E-state index in [1.165, 1.54) is 0 Å². The van der Waals surface area contributed by atoms with Crippen LogP contribution in [0.3, 0.4) is 0 Å². The first-order valence-corrected chi connectivity index (χ1v) is 13.9. The molecule has 6 heteroatoms. The first kappa shape index (κ1) is 27.8. The number of carbonyl (C=O) groups is 2. The minimum atomic E-state index is -0.585. The van der Waals surface area contributed by atoms with Crippen molar-refractivity contribution in [3.05, 3.63) is 101 Å². The SMILES string of the molecule is CCCCNC(=O)[C@@H](Cc1ccccc1)N(Cc1cccc(C)c1)C(=O)CCSc1ccc(Cl)cc1. The number of hydrogen-bond donors (Lipinski definition) is 1. The smallest absolute Gasteiger partial charge is 0.243 e. The third-order valence-corrected chi connectivity index (χ3v) is 7.20. The highest BCUT2D eigenvalue weighted by atomic mass is 35.5. The Balaban J connectivity index is 1.82. The van der Waals surface area contributed by atoms with Crippen LogP contribution in [-0.2, 0) is 22.6 Å². The van der Waals surface area contributed by atoms with Gasteiger partial charge in [-0.25, -0.2) is 0 Å². The highest BCUT2D eigenvalue weighted by Crippen LogP contribution is 2.23. The fourth-order valence-corrected chi connectivity index (χ4v) is 4.96. The number of rotatable bonds is 13. The van der Waals surface area contributed by atoms with Crippen LogP contribution in [0.4, 0.5) is 0 Å². The quantitative estimate of drug-likeness (QED) is 0.201. The lowest BCUT2D eigenvalue weighted by atomic mass is 10.0. The summed E-state index contributed by atoms with van der Waals surface area (Å²) in [5.41, 5.74) is 3.18. The number of thioether (sulfide) groups is 1. The van der Waals surface area contributed by atoms with Gasteiger partial charge in [0.2, 0.25) is 11.8 Å². The van der Waals surface area contributed by atoms with Gasteiger partial charge in [-0.1, -0.05) is 85.1 Å². The number of nitrogens with zero attached hydrogens (tertiary/aromatic N) is 1. The van der Waals surface area contributed by atoms with E-state index in [2.05, 4.69) is 18.3 Å². The second-order valence-corrected chi connectivity index (χ2v) is 10.5. The summed E-state index contributed by atoms with van der Waals surface area (Å²) < 4.78 is 0. The van der Waals surface area contributed by atoms with Gasteiger partial charge in [0, 0.05) is 41.6 Å². The molecule has 0 saturated heterocycles. The Bertz CT molecular complexity index is 1110. The Hall–Kier alpha value is -2.76. The average molecular weight is 523 g/mol. The van der Waals surface area contributed by atoms with Gasteiger partial charge in [0.15, 0.2) is 0 Å². The Kier molecular flexibility index (Phi) is 11.4. The minimum Gasteiger partial charge on any atom is -0.354 e. The molecule has 3 aromatic rings. The number of hydrogen-bond acceptors (Lipinski definition) is 3. The van der Waals surface area contributed by atoms with Crippen molar-refractivity contribution in [2.45, 2.75) is 57.0 Å². The zero-order valence-electron chi connectivity index (χ0n) is 21.1. The number of benzene rings is 3. The maximum absolute atomic E-state index is 13.7. The molecule has 0 fully saturated rings. The van der Waals surface area contributed by atoms with E-state index in [0.717, 1.165) is 34.4 Å². The van der Waals surface area contributed by atoms with Crippen LogP contribution in [0, 0.1) is 6.92 Å². The summed E-state index contributed by atoms with van der Waals surface area (Å²) in [6.07, 6.45) is 2.72. The Morgan fingerprint density at radius 1 is 0.972 bits per heavy atom. The topological polar surface area (TPSA) is 49.4 Å². The summed E-state index contributed by atoms with van der Waals surface area (Å²) in [5, 5.41) is 3.77. The second kappa shape index (κ2) is 14.7. The summed E-state index contributed by atoms with van der Waals surface area (Å²) in [6.45, 7) is 5.14. The molecule has 0 aliphatic rings.